The molecule has 113 valence electrons. The molecule has 1 heterocycles. The van der Waals surface area contributed by atoms with Crippen LogP contribution in [0.25, 0.3) is 0 Å². The number of benzene rings is 1. The monoisotopic (exact) mass is 319 g/mol. The van der Waals surface area contributed by atoms with E-state index in [0.29, 0.717) is 5.56 Å². The van der Waals surface area contributed by atoms with Crippen LogP contribution >= 0.6 is 11.5 Å². The van der Waals surface area contributed by atoms with Gasteiger partial charge in [-0.05, 0) is 25.1 Å². The van der Waals surface area contributed by atoms with E-state index in [1.165, 1.54) is 6.07 Å². The summed E-state index contributed by atoms with van der Waals surface area (Å²) in [5, 5.41) is 3.81. The van der Waals surface area contributed by atoms with E-state index in [1.54, 1.807) is 31.4 Å². The highest BCUT2D eigenvalue weighted by Crippen LogP contribution is 2.15. The highest BCUT2D eigenvalue weighted by atomic mass is 32.1. The van der Waals surface area contributed by atoms with Crippen molar-refractivity contribution in [2.45, 2.75) is 6.92 Å². The summed E-state index contributed by atoms with van der Waals surface area (Å²) in [6.45, 7) is 1.98. The molecule has 1 radical (unpaired) electrons. The van der Waals surface area contributed by atoms with Gasteiger partial charge >= 0.3 is 5.97 Å². The quantitative estimate of drug-likeness (QED) is 0.483. The molecule has 1 aromatic heterocycles. The SMILES string of the molecule is CCOC(=O)c1cccc(O/N=C(/[C]=O)c2nsc(N)n2)c1. The lowest BCUT2D eigenvalue weighted by Gasteiger charge is -2.03. The average molecular weight is 319 g/mol. The van der Waals surface area contributed by atoms with Crippen LogP contribution in [-0.4, -0.2) is 33.9 Å². The fraction of sp³-hybridized carbons (Fsp3) is 0.154. The summed E-state index contributed by atoms with van der Waals surface area (Å²) in [5.74, 6) is -0.200. The Labute approximate surface area is 129 Å². The van der Waals surface area contributed by atoms with E-state index >= 15 is 0 Å². The van der Waals surface area contributed by atoms with E-state index < -0.39 is 5.97 Å². The number of hydrogen-bond donors (Lipinski definition) is 1. The second-order valence-corrected chi connectivity index (χ2v) is 4.62. The molecule has 0 saturated heterocycles. The molecule has 0 spiro atoms. The third-order valence-corrected chi connectivity index (χ3v) is 2.88. The third-order valence-electron chi connectivity index (χ3n) is 2.34. The van der Waals surface area contributed by atoms with E-state index in [-0.39, 0.29) is 29.0 Å². The normalized spacial score (nSPS) is 11.0. The molecular weight excluding hydrogens is 308 g/mol. The van der Waals surface area contributed by atoms with Crippen molar-refractivity contribution in [2.75, 3.05) is 12.3 Å². The Morgan fingerprint density at radius 1 is 1.50 bits per heavy atom. The third kappa shape index (κ3) is 3.85. The average Bonchev–Trinajstić information content (AvgIpc) is 2.95. The minimum Gasteiger partial charge on any atom is -0.462 e. The number of rotatable bonds is 6. The predicted octanol–water partition coefficient (Wildman–Crippen LogP) is 1.19. The molecule has 2 rings (SSSR count). The van der Waals surface area contributed by atoms with E-state index in [4.69, 9.17) is 15.3 Å². The zero-order valence-corrected chi connectivity index (χ0v) is 12.3. The van der Waals surface area contributed by atoms with E-state index in [2.05, 4.69) is 14.5 Å². The molecule has 8 nitrogen and oxygen atoms in total. The minimum atomic E-state index is -0.479. The number of anilines is 1. The van der Waals surface area contributed by atoms with Gasteiger partial charge in [0.15, 0.2) is 16.6 Å². The molecule has 1 aromatic carbocycles. The van der Waals surface area contributed by atoms with Crippen LogP contribution in [0.1, 0.15) is 23.1 Å². The van der Waals surface area contributed by atoms with Crippen molar-refractivity contribution < 1.29 is 19.2 Å². The number of nitrogens with zero attached hydrogens (tertiary/aromatic N) is 3. The number of ether oxygens (including phenoxy) is 1. The molecule has 2 N–H and O–H groups in total. The molecule has 0 amide bonds. The van der Waals surface area contributed by atoms with Gasteiger partial charge in [-0.2, -0.15) is 9.36 Å². The van der Waals surface area contributed by atoms with Crippen molar-refractivity contribution in [2.24, 2.45) is 5.16 Å². The molecular formula is C13H11N4O4S. The van der Waals surface area contributed by atoms with Crippen LogP contribution < -0.4 is 10.6 Å². The van der Waals surface area contributed by atoms with Gasteiger partial charge in [0, 0.05) is 11.5 Å². The molecule has 0 saturated carbocycles. The number of carbonyl (C=O) groups excluding carboxylic acids is 2. The number of carbonyl (C=O) groups is 1. The van der Waals surface area contributed by atoms with Gasteiger partial charge in [0.05, 0.1) is 12.2 Å². The lowest BCUT2D eigenvalue weighted by Crippen LogP contribution is -2.07. The van der Waals surface area contributed by atoms with Crippen LogP contribution in [0.15, 0.2) is 29.4 Å². The van der Waals surface area contributed by atoms with Crippen molar-refractivity contribution in [1.82, 2.24) is 9.36 Å². The van der Waals surface area contributed by atoms with Gasteiger partial charge in [-0.1, -0.05) is 11.2 Å². The van der Waals surface area contributed by atoms with E-state index in [0.717, 1.165) is 11.5 Å². The number of hydrogen-bond acceptors (Lipinski definition) is 9. The molecule has 22 heavy (non-hydrogen) atoms. The molecule has 0 aliphatic rings. The van der Waals surface area contributed by atoms with Gasteiger partial charge in [0.25, 0.3) is 6.29 Å². The Kier molecular flexibility index (Phi) is 5.15. The summed E-state index contributed by atoms with van der Waals surface area (Å²) in [4.78, 5) is 31.4. The van der Waals surface area contributed by atoms with Crippen molar-refractivity contribution in [1.29, 1.82) is 0 Å². The summed E-state index contributed by atoms with van der Waals surface area (Å²) in [7, 11) is 0. The first-order valence-corrected chi connectivity index (χ1v) is 6.91. The smallest absolute Gasteiger partial charge is 0.338 e. The number of oxime groups is 1. The second kappa shape index (κ2) is 7.27. The molecule has 0 bridgehead atoms. The van der Waals surface area contributed by atoms with E-state index in [9.17, 15) is 9.59 Å². The van der Waals surface area contributed by atoms with Crippen LogP contribution in [-0.2, 0) is 9.53 Å². The molecule has 0 fully saturated rings. The van der Waals surface area contributed by atoms with Crippen molar-refractivity contribution >= 4 is 34.6 Å². The zero-order valence-electron chi connectivity index (χ0n) is 11.5. The summed E-state index contributed by atoms with van der Waals surface area (Å²) in [6.07, 6.45) is 1.57. The van der Waals surface area contributed by atoms with Crippen LogP contribution in [0.4, 0.5) is 5.13 Å². The van der Waals surface area contributed by atoms with Crippen molar-refractivity contribution in [3.63, 3.8) is 0 Å². The molecule has 0 atom stereocenters. The number of aromatic nitrogens is 2. The van der Waals surface area contributed by atoms with E-state index in [1.807, 2.05) is 0 Å². The predicted molar refractivity (Wildman–Crippen MR) is 79.6 cm³/mol. The Morgan fingerprint density at radius 3 is 2.95 bits per heavy atom. The summed E-state index contributed by atoms with van der Waals surface area (Å²) < 4.78 is 8.70. The summed E-state index contributed by atoms with van der Waals surface area (Å²) >= 11 is 0.922. The molecule has 0 unspecified atom stereocenters. The first-order chi connectivity index (χ1) is 10.6. The number of nitrogen functional groups attached to an aromatic ring is 1. The summed E-state index contributed by atoms with van der Waals surface area (Å²) in [6, 6.07) is 6.18. The maximum absolute atomic E-state index is 11.6. The lowest BCUT2D eigenvalue weighted by molar-refractivity contribution is 0.0526. The molecule has 9 heteroatoms. The zero-order chi connectivity index (χ0) is 15.9. The molecule has 0 aliphatic carbocycles. The van der Waals surface area contributed by atoms with Crippen molar-refractivity contribution in [3.05, 3.63) is 35.7 Å². The van der Waals surface area contributed by atoms with Crippen LogP contribution in [0.5, 0.6) is 5.75 Å². The Hall–Kier alpha value is -2.81. The first-order valence-electron chi connectivity index (χ1n) is 6.14. The van der Waals surface area contributed by atoms with Gasteiger partial charge in [0.1, 0.15) is 0 Å². The Bertz CT molecular complexity index is 714. The van der Waals surface area contributed by atoms with Crippen LogP contribution in [0.3, 0.4) is 0 Å². The Balaban J connectivity index is 2.16. The topological polar surface area (TPSA) is 117 Å². The van der Waals surface area contributed by atoms with Gasteiger partial charge < -0.3 is 15.3 Å². The van der Waals surface area contributed by atoms with Gasteiger partial charge in [-0.3, -0.25) is 4.79 Å². The Morgan fingerprint density at radius 2 is 2.32 bits per heavy atom. The standard InChI is InChI=1S/C13H11N4O4S/c1-2-20-12(19)8-4-3-5-9(6-8)21-16-10(7-18)11-15-13(14)22-17-11/h3-6H,2H2,1H3,(H2,14,15,17)/b16-10-. The van der Waals surface area contributed by atoms with Crippen LogP contribution in [0, 0.1) is 0 Å². The van der Waals surface area contributed by atoms with Crippen LogP contribution in [0.2, 0.25) is 0 Å². The molecule has 2 aromatic rings. The second-order valence-electron chi connectivity index (χ2n) is 3.84. The van der Waals surface area contributed by atoms with Gasteiger partial charge in [-0.15, -0.1) is 0 Å². The number of nitrogens with two attached hydrogens (primary N) is 1. The number of esters is 1. The molecule has 0 aliphatic heterocycles. The first kappa shape index (κ1) is 15.6. The maximum atomic E-state index is 11.6. The maximum Gasteiger partial charge on any atom is 0.338 e. The largest absolute Gasteiger partial charge is 0.462 e. The summed E-state index contributed by atoms with van der Waals surface area (Å²) in [5.41, 5.74) is 5.51. The lowest BCUT2D eigenvalue weighted by atomic mass is 10.2. The fourth-order valence-electron chi connectivity index (χ4n) is 1.43. The van der Waals surface area contributed by atoms with Gasteiger partial charge in [-0.25, -0.2) is 4.79 Å². The minimum absolute atomic E-state index is 0.0269. The van der Waals surface area contributed by atoms with Gasteiger partial charge in [0.2, 0.25) is 5.82 Å². The highest BCUT2D eigenvalue weighted by Gasteiger charge is 2.12. The fourth-order valence-corrected chi connectivity index (χ4v) is 1.86. The highest BCUT2D eigenvalue weighted by molar-refractivity contribution is 7.09. The van der Waals surface area contributed by atoms with Crippen molar-refractivity contribution in [3.8, 4) is 5.75 Å².